The Hall–Kier alpha value is -0.385. The van der Waals surface area contributed by atoms with Gasteiger partial charge in [-0.05, 0) is 76.9 Å². The van der Waals surface area contributed by atoms with Gasteiger partial charge in [-0.1, -0.05) is 76.2 Å². The van der Waals surface area contributed by atoms with Crippen LogP contribution in [0.3, 0.4) is 0 Å². The Balaban J connectivity index is 0.000000545. The molecule has 2 saturated heterocycles. The molecular weight excluding hydrogens is 465 g/mol. The van der Waals surface area contributed by atoms with E-state index < -0.39 is 0 Å². The highest BCUT2D eigenvalue weighted by molar-refractivity contribution is 6.72. The van der Waals surface area contributed by atoms with Crippen LogP contribution >= 0.6 is 0 Å². The van der Waals surface area contributed by atoms with Crippen LogP contribution in [0.15, 0.2) is 0 Å². The van der Waals surface area contributed by atoms with Gasteiger partial charge in [0, 0.05) is 29.3 Å². The first-order chi connectivity index (χ1) is 17.1. The molecule has 5 heteroatoms. The first-order valence-electron chi connectivity index (χ1n) is 15.6. The number of piperidine rings is 2. The Labute approximate surface area is 241 Å². The van der Waals surface area contributed by atoms with E-state index in [9.17, 15) is 4.79 Å². The molecule has 2 heterocycles. The van der Waals surface area contributed by atoms with Crippen molar-refractivity contribution in [2.24, 2.45) is 27.1 Å². The lowest BCUT2D eigenvalue weighted by atomic mass is 9.66. The predicted molar refractivity (Wildman–Crippen MR) is 171 cm³/mol. The van der Waals surface area contributed by atoms with E-state index in [4.69, 9.17) is 0 Å². The lowest BCUT2D eigenvalue weighted by Crippen LogP contribution is -2.58. The summed E-state index contributed by atoms with van der Waals surface area (Å²) in [7, 11) is 12.4. The third-order valence-electron chi connectivity index (χ3n) is 9.97. The molecule has 0 aromatic carbocycles. The van der Waals surface area contributed by atoms with Crippen LogP contribution in [-0.4, -0.2) is 88.7 Å². The summed E-state index contributed by atoms with van der Waals surface area (Å²) >= 11 is 0. The standard InChI is InChI=1S/C13H28N.C12H25N.C8H17BNO/c1-7-12(3)9-13(4,8-2)11-14(5,6)10-12;1-6-11(3)8-12(4,7-2)10-13(5)9-11;1-6-8(2,3)7(11)9-10(4)5/h7-11H2,1-6H3;6-10H2,1-5H3;6H2,1-5H3/q+1;;. The molecule has 225 valence electrons. The maximum absolute atomic E-state index is 11.4. The summed E-state index contributed by atoms with van der Waals surface area (Å²) in [6, 6.07) is 0. The molecule has 0 aromatic heterocycles. The Kier molecular flexibility index (Phi) is 14.3. The van der Waals surface area contributed by atoms with Crippen LogP contribution in [0.5, 0.6) is 0 Å². The molecule has 0 aromatic rings. The van der Waals surface area contributed by atoms with Crippen LogP contribution in [0.1, 0.15) is 121 Å². The van der Waals surface area contributed by atoms with Crippen molar-refractivity contribution in [1.29, 1.82) is 0 Å². The molecule has 0 aliphatic carbocycles. The van der Waals surface area contributed by atoms with Crippen LogP contribution in [0.2, 0.25) is 0 Å². The minimum Gasteiger partial charge on any atom is -0.345 e. The van der Waals surface area contributed by atoms with Gasteiger partial charge in [0.15, 0.2) is 0 Å². The number of carbonyl (C=O) groups is 1. The number of likely N-dealkylation sites (tertiary alicyclic amines) is 2. The fraction of sp³-hybridized carbons (Fsp3) is 0.970. The zero-order valence-electron chi connectivity index (χ0n) is 29.1. The van der Waals surface area contributed by atoms with E-state index >= 15 is 0 Å². The zero-order valence-corrected chi connectivity index (χ0v) is 29.1. The SMILES string of the molecule is CCC(C)(C)C(=O)[B]N(C)C.CCC1(C)CC(C)(CC)C[N+](C)(C)C1.CCC1(C)CN(C)CC(C)(CC)C1. The highest BCUT2D eigenvalue weighted by atomic mass is 16.1. The van der Waals surface area contributed by atoms with E-state index in [1.807, 2.05) is 34.9 Å². The average Bonchev–Trinajstić information content (AvgIpc) is 2.77. The molecule has 2 aliphatic rings. The maximum atomic E-state index is 11.4. The van der Waals surface area contributed by atoms with Gasteiger partial charge in [0.1, 0.15) is 5.68 Å². The number of carbonyl (C=O) groups excluding carboxylic acids is 1. The van der Waals surface area contributed by atoms with E-state index in [2.05, 4.69) is 81.4 Å². The summed E-state index contributed by atoms with van der Waals surface area (Å²) < 4.78 is 1.20. The summed E-state index contributed by atoms with van der Waals surface area (Å²) in [6.07, 6.45) is 8.97. The minimum atomic E-state index is -0.204. The topological polar surface area (TPSA) is 23.6 Å². The van der Waals surface area contributed by atoms with Gasteiger partial charge in [-0.15, -0.1) is 0 Å². The number of rotatable bonds is 8. The second-order valence-corrected chi connectivity index (χ2v) is 16.1. The molecule has 0 amide bonds. The molecule has 0 saturated carbocycles. The number of nitrogens with zero attached hydrogens (tertiary/aromatic N) is 3. The van der Waals surface area contributed by atoms with Crippen molar-refractivity contribution in [2.75, 3.05) is 61.4 Å². The van der Waals surface area contributed by atoms with E-state index in [-0.39, 0.29) is 11.1 Å². The van der Waals surface area contributed by atoms with Crippen molar-refractivity contribution in [3.05, 3.63) is 0 Å². The smallest absolute Gasteiger partial charge is 0.298 e. The fourth-order valence-electron chi connectivity index (χ4n) is 7.30. The number of hydrogen-bond donors (Lipinski definition) is 0. The second-order valence-electron chi connectivity index (χ2n) is 16.1. The van der Waals surface area contributed by atoms with E-state index in [0.717, 1.165) is 6.42 Å². The quantitative estimate of drug-likeness (QED) is 0.236. The Bertz CT molecular complexity index is 685. The largest absolute Gasteiger partial charge is 0.345 e. The van der Waals surface area contributed by atoms with Crippen LogP contribution in [0.4, 0.5) is 0 Å². The summed E-state index contributed by atoms with van der Waals surface area (Å²) in [4.78, 5) is 15.7. The molecular formula is C33H70BN3O+. The van der Waals surface area contributed by atoms with Crippen LogP contribution in [0, 0.1) is 27.1 Å². The molecule has 4 nitrogen and oxygen atoms in total. The van der Waals surface area contributed by atoms with Crippen molar-refractivity contribution >= 4 is 13.1 Å². The molecule has 0 N–H and O–H groups in total. The third-order valence-corrected chi connectivity index (χ3v) is 9.97. The number of quaternary nitrogens is 1. The molecule has 2 aliphatic heterocycles. The van der Waals surface area contributed by atoms with Crippen molar-refractivity contribution in [2.45, 2.75) is 121 Å². The summed E-state index contributed by atoms with van der Waals surface area (Å²) in [6.45, 7) is 30.4. The molecule has 1 radical (unpaired) electrons. The van der Waals surface area contributed by atoms with Gasteiger partial charge in [-0.3, -0.25) is 0 Å². The molecule has 0 spiro atoms. The Morgan fingerprint density at radius 3 is 1.42 bits per heavy atom. The van der Waals surface area contributed by atoms with Gasteiger partial charge in [0.25, 0.3) is 7.41 Å². The van der Waals surface area contributed by atoms with Crippen molar-refractivity contribution in [3.63, 3.8) is 0 Å². The monoisotopic (exact) mass is 536 g/mol. The van der Waals surface area contributed by atoms with Gasteiger partial charge in [-0.25, -0.2) is 0 Å². The number of hydrogen-bond acceptors (Lipinski definition) is 3. The Morgan fingerprint density at radius 2 is 1.13 bits per heavy atom. The maximum Gasteiger partial charge on any atom is 0.298 e. The third kappa shape index (κ3) is 12.4. The molecule has 2 fully saturated rings. The lowest BCUT2D eigenvalue weighted by molar-refractivity contribution is -0.910. The summed E-state index contributed by atoms with van der Waals surface area (Å²) in [5.74, 6) is 0. The van der Waals surface area contributed by atoms with E-state index in [1.54, 1.807) is 12.2 Å². The first-order valence-corrected chi connectivity index (χ1v) is 15.6. The van der Waals surface area contributed by atoms with Crippen LogP contribution in [0.25, 0.3) is 0 Å². The minimum absolute atomic E-state index is 0.199. The second kappa shape index (κ2) is 14.5. The fourth-order valence-corrected chi connectivity index (χ4v) is 7.30. The van der Waals surface area contributed by atoms with Crippen LogP contribution < -0.4 is 0 Å². The summed E-state index contributed by atoms with van der Waals surface area (Å²) in [5, 5.41) is 0. The Morgan fingerprint density at radius 1 is 0.789 bits per heavy atom. The highest BCUT2D eigenvalue weighted by Gasteiger charge is 2.46. The van der Waals surface area contributed by atoms with Gasteiger partial charge in [-0.2, -0.15) is 0 Å². The zero-order chi connectivity index (χ0) is 30.2. The van der Waals surface area contributed by atoms with Gasteiger partial charge in [0.2, 0.25) is 0 Å². The van der Waals surface area contributed by atoms with Gasteiger partial charge < -0.3 is 19.0 Å². The average molecular weight is 536 g/mol. The van der Waals surface area contributed by atoms with E-state index in [1.165, 1.54) is 69.2 Å². The normalized spacial score (nSPS) is 33.5. The lowest BCUT2D eigenvalue weighted by Gasteiger charge is -2.52. The van der Waals surface area contributed by atoms with E-state index in [0.29, 0.717) is 21.7 Å². The molecule has 4 unspecified atom stereocenters. The predicted octanol–water partition coefficient (Wildman–Crippen LogP) is 7.58. The van der Waals surface area contributed by atoms with Gasteiger partial charge >= 0.3 is 0 Å². The highest BCUT2D eigenvalue weighted by Crippen LogP contribution is 2.46. The van der Waals surface area contributed by atoms with Crippen molar-refractivity contribution in [3.8, 4) is 0 Å². The molecule has 4 atom stereocenters. The van der Waals surface area contributed by atoms with Crippen LogP contribution in [-0.2, 0) is 4.79 Å². The molecule has 38 heavy (non-hydrogen) atoms. The molecule has 2 rings (SSSR count). The van der Waals surface area contributed by atoms with Crippen molar-refractivity contribution < 1.29 is 9.28 Å². The first kappa shape index (κ1) is 37.6. The van der Waals surface area contributed by atoms with Gasteiger partial charge in [0.05, 0.1) is 27.2 Å². The van der Waals surface area contributed by atoms with Crippen molar-refractivity contribution in [1.82, 2.24) is 9.71 Å². The molecule has 0 bridgehead atoms. The summed E-state index contributed by atoms with van der Waals surface area (Å²) in [5.41, 5.74) is 2.23.